The summed E-state index contributed by atoms with van der Waals surface area (Å²) in [6, 6.07) is 1.34. The summed E-state index contributed by atoms with van der Waals surface area (Å²) in [6.45, 7) is 4.32. The maximum absolute atomic E-state index is 11.7. The van der Waals surface area contributed by atoms with Crippen LogP contribution in [0.5, 0.6) is 0 Å². The third-order valence-corrected chi connectivity index (χ3v) is 3.83. The van der Waals surface area contributed by atoms with Gasteiger partial charge in [0, 0.05) is 18.8 Å². The molecule has 1 atom stereocenters. The zero-order valence-electron chi connectivity index (χ0n) is 10.00. The fourth-order valence-electron chi connectivity index (χ4n) is 1.20. The Bertz CT molecular complexity index is 433. The molecule has 0 fully saturated rings. The van der Waals surface area contributed by atoms with Gasteiger partial charge in [0.2, 0.25) is 0 Å². The largest absolute Gasteiger partial charge is 0.327 e. The lowest BCUT2D eigenvalue weighted by atomic mass is 10.0. The summed E-state index contributed by atoms with van der Waals surface area (Å²) in [5.41, 5.74) is 5.82. The van der Waals surface area contributed by atoms with Crippen LogP contribution in [0, 0.1) is 5.92 Å². The van der Waals surface area contributed by atoms with Crippen molar-refractivity contribution in [3.63, 3.8) is 0 Å². The number of hydrogen-bond acceptors (Lipinski definition) is 5. The number of sulfonamides is 1. The molecule has 0 radical (unpaired) electrons. The van der Waals surface area contributed by atoms with Crippen molar-refractivity contribution in [2.75, 3.05) is 6.54 Å². The van der Waals surface area contributed by atoms with Gasteiger partial charge in [0.15, 0.2) is 5.03 Å². The monoisotopic (exact) mass is 258 g/mol. The molecule has 1 aromatic rings. The molecule has 0 spiro atoms. The normalized spacial score (nSPS) is 13.9. The van der Waals surface area contributed by atoms with Crippen LogP contribution >= 0.6 is 0 Å². The Morgan fingerprint density at radius 3 is 2.71 bits per heavy atom. The molecular weight excluding hydrogens is 240 g/mol. The van der Waals surface area contributed by atoms with Gasteiger partial charge in [-0.15, -0.1) is 0 Å². The van der Waals surface area contributed by atoms with Crippen LogP contribution in [0.4, 0.5) is 0 Å². The summed E-state index contributed by atoms with van der Waals surface area (Å²) in [4.78, 5) is 7.36. The minimum atomic E-state index is -3.54. The minimum absolute atomic E-state index is 0.0110. The number of nitrogens with zero attached hydrogens (tertiary/aromatic N) is 2. The van der Waals surface area contributed by atoms with Crippen LogP contribution in [-0.4, -0.2) is 31.0 Å². The lowest BCUT2D eigenvalue weighted by molar-refractivity contribution is 0.461. The van der Waals surface area contributed by atoms with Gasteiger partial charge >= 0.3 is 0 Å². The number of hydrogen-bond donors (Lipinski definition) is 2. The Morgan fingerprint density at radius 2 is 2.18 bits per heavy atom. The van der Waals surface area contributed by atoms with Crippen LogP contribution in [0.1, 0.15) is 20.3 Å². The van der Waals surface area contributed by atoms with E-state index in [0.717, 1.165) is 0 Å². The molecule has 7 heteroatoms. The highest BCUT2D eigenvalue weighted by Gasteiger charge is 2.15. The highest BCUT2D eigenvalue weighted by Crippen LogP contribution is 2.04. The van der Waals surface area contributed by atoms with Gasteiger partial charge in [-0.2, -0.15) is 0 Å². The average molecular weight is 258 g/mol. The van der Waals surface area contributed by atoms with Crippen LogP contribution in [0.25, 0.3) is 0 Å². The van der Waals surface area contributed by atoms with E-state index in [4.69, 9.17) is 5.73 Å². The van der Waals surface area contributed by atoms with Crippen molar-refractivity contribution in [1.82, 2.24) is 14.7 Å². The molecular formula is C10H18N4O2S. The number of aromatic nitrogens is 2. The van der Waals surface area contributed by atoms with E-state index in [9.17, 15) is 8.42 Å². The number of rotatable bonds is 6. The van der Waals surface area contributed by atoms with Crippen molar-refractivity contribution >= 4 is 10.0 Å². The third kappa shape index (κ3) is 4.37. The topological polar surface area (TPSA) is 98.0 Å². The zero-order valence-corrected chi connectivity index (χ0v) is 10.8. The van der Waals surface area contributed by atoms with Crippen molar-refractivity contribution in [2.45, 2.75) is 31.3 Å². The van der Waals surface area contributed by atoms with E-state index in [-0.39, 0.29) is 11.1 Å². The molecule has 1 rings (SSSR count). The molecule has 0 aliphatic rings. The molecule has 6 nitrogen and oxygen atoms in total. The molecule has 0 saturated heterocycles. The molecule has 0 saturated carbocycles. The first-order valence-electron chi connectivity index (χ1n) is 5.44. The quantitative estimate of drug-likeness (QED) is 0.707. The zero-order chi connectivity index (χ0) is 12.9. The number of nitrogens with one attached hydrogen (secondary N) is 1. The second-order valence-corrected chi connectivity index (χ2v) is 5.86. The molecule has 1 heterocycles. The first kappa shape index (κ1) is 14.0. The summed E-state index contributed by atoms with van der Waals surface area (Å²) in [7, 11) is -3.54. The summed E-state index contributed by atoms with van der Waals surface area (Å²) in [5.74, 6) is 0.332. The SMILES string of the molecule is CC(C)C(N)CCNS(=O)(=O)c1ccncn1. The molecule has 3 N–H and O–H groups in total. The fraction of sp³-hybridized carbons (Fsp3) is 0.600. The fourth-order valence-corrected chi connectivity index (χ4v) is 2.17. The minimum Gasteiger partial charge on any atom is -0.327 e. The molecule has 0 bridgehead atoms. The van der Waals surface area contributed by atoms with Crippen LogP contribution in [0.3, 0.4) is 0 Å². The van der Waals surface area contributed by atoms with Crippen molar-refractivity contribution in [1.29, 1.82) is 0 Å². The Hall–Kier alpha value is -1.05. The molecule has 0 aliphatic heterocycles. The van der Waals surface area contributed by atoms with Crippen molar-refractivity contribution < 1.29 is 8.42 Å². The lowest BCUT2D eigenvalue weighted by Gasteiger charge is -2.15. The van der Waals surface area contributed by atoms with Crippen molar-refractivity contribution in [2.24, 2.45) is 11.7 Å². The second-order valence-electron chi connectivity index (χ2n) is 4.14. The average Bonchev–Trinajstić information content (AvgIpc) is 2.29. The van der Waals surface area contributed by atoms with E-state index in [1.165, 1.54) is 18.6 Å². The predicted octanol–water partition coefficient (Wildman–Crippen LogP) is 0.128. The molecule has 1 unspecified atom stereocenters. The molecule has 0 aromatic carbocycles. The molecule has 17 heavy (non-hydrogen) atoms. The van der Waals surface area contributed by atoms with Gasteiger partial charge in [-0.1, -0.05) is 13.8 Å². The summed E-state index contributed by atoms with van der Waals surface area (Å²) in [5, 5.41) is -0.0226. The van der Waals surface area contributed by atoms with Gasteiger partial charge in [0.25, 0.3) is 10.0 Å². The van der Waals surface area contributed by atoms with Crippen LogP contribution in [0.15, 0.2) is 23.6 Å². The first-order valence-corrected chi connectivity index (χ1v) is 6.93. The smallest absolute Gasteiger partial charge is 0.258 e. The van der Waals surface area contributed by atoms with Gasteiger partial charge in [-0.3, -0.25) is 0 Å². The second kappa shape index (κ2) is 6.04. The van der Waals surface area contributed by atoms with E-state index in [2.05, 4.69) is 14.7 Å². The summed E-state index contributed by atoms with van der Waals surface area (Å²) in [6.07, 6.45) is 3.19. The Balaban J connectivity index is 2.52. The van der Waals surface area contributed by atoms with Gasteiger partial charge in [-0.05, 0) is 18.4 Å². The Kier molecular flexibility index (Phi) is 4.98. The highest BCUT2D eigenvalue weighted by atomic mass is 32.2. The molecule has 0 aliphatic carbocycles. The van der Waals surface area contributed by atoms with E-state index >= 15 is 0 Å². The van der Waals surface area contributed by atoms with Crippen molar-refractivity contribution in [3.05, 3.63) is 18.6 Å². The van der Waals surface area contributed by atoms with E-state index in [1.807, 2.05) is 13.8 Å². The first-order chi connectivity index (χ1) is 7.93. The van der Waals surface area contributed by atoms with Gasteiger partial charge in [-0.25, -0.2) is 23.1 Å². The Morgan fingerprint density at radius 1 is 1.47 bits per heavy atom. The summed E-state index contributed by atoms with van der Waals surface area (Å²) < 4.78 is 25.9. The van der Waals surface area contributed by atoms with Crippen LogP contribution < -0.4 is 10.5 Å². The maximum atomic E-state index is 11.7. The van der Waals surface area contributed by atoms with Crippen molar-refractivity contribution in [3.8, 4) is 0 Å². The van der Waals surface area contributed by atoms with Gasteiger partial charge in [0.1, 0.15) is 6.33 Å². The Labute approximate surface area is 102 Å². The third-order valence-electron chi connectivity index (χ3n) is 2.46. The van der Waals surface area contributed by atoms with E-state index in [0.29, 0.717) is 18.9 Å². The standard InChI is InChI=1S/C10H18N4O2S/c1-8(2)9(11)3-6-14-17(15,16)10-4-5-12-7-13-10/h4-5,7-9,14H,3,6,11H2,1-2H3. The predicted molar refractivity (Wildman–Crippen MR) is 64.7 cm³/mol. The van der Waals surface area contributed by atoms with Gasteiger partial charge in [0.05, 0.1) is 0 Å². The number of nitrogens with two attached hydrogens (primary N) is 1. The summed E-state index contributed by atoms with van der Waals surface area (Å²) >= 11 is 0. The maximum Gasteiger partial charge on any atom is 0.258 e. The van der Waals surface area contributed by atoms with Crippen LogP contribution in [0.2, 0.25) is 0 Å². The van der Waals surface area contributed by atoms with E-state index < -0.39 is 10.0 Å². The lowest BCUT2D eigenvalue weighted by Crippen LogP contribution is -2.33. The molecule has 96 valence electrons. The van der Waals surface area contributed by atoms with Gasteiger partial charge < -0.3 is 5.73 Å². The van der Waals surface area contributed by atoms with Crippen LogP contribution in [-0.2, 0) is 10.0 Å². The molecule has 1 aromatic heterocycles. The molecule has 0 amide bonds. The van der Waals surface area contributed by atoms with E-state index in [1.54, 1.807) is 0 Å². The highest BCUT2D eigenvalue weighted by molar-refractivity contribution is 7.89.